The molecule has 0 aliphatic heterocycles. The number of carbonyl (C=O) groups excluding carboxylic acids is 1. The molecule has 156 valence electrons. The van der Waals surface area contributed by atoms with Gasteiger partial charge in [0.05, 0.1) is 17.6 Å². The van der Waals surface area contributed by atoms with Crippen LogP contribution in [-0.2, 0) is 24.4 Å². The van der Waals surface area contributed by atoms with Crippen molar-refractivity contribution in [2.75, 3.05) is 0 Å². The summed E-state index contributed by atoms with van der Waals surface area (Å²) in [5, 5.41) is 3.35. The molecule has 4 aromatic rings. The molecule has 0 fully saturated rings. The largest absolute Gasteiger partial charge is 0.350 e. The quantitative estimate of drug-likeness (QED) is 0.475. The zero-order chi connectivity index (χ0) is 21.8. The highest BCUT2D eigenvalue weighted by atomic mass is 35.5. The second-order valence-electron chi connectivity index (χ2n) is 7.16. The molecule has 0 atom stereocenters. The number of hydrogen-bond donors (Lipinski definition) is 1. The van der Waals surface area contributed by atoms with E-state index in [1.807, 2.05) is 36.4 Å². The van der Waals surface area contributed by atoms with Gasteiger partial charge < -0.3 is 5.32 Å². The molecule has 31 heavy (non-hydrogen) atoms. The summed E-state index contributed by atoms with van der Waals surface area (Å²) in [6.45, 7) is 0.301. The van der Waals surface area contributed by atoms with E-state index < -0.39 is 11.1 Å². The maximum atomic E-state index is 12.9. The van der Waals surface area contributed by atoms with Crippen molar-refractivity contribution >= 4 is 28.5 Å². The lowest BCUT2D eigenvalue weighted by atomic mass is 10.2. The predicted molar refractivity (Wildman–Crippen MR) is 121 cm³/mol. The molecule has 0 bridgehead atoms. The maximum Gasteiger partial charge on any atom is 0.317 e. The van der Waals surface area contributed by atoms with Crippen LogP contribution < -0.4 is 16.4 Å². The fourth-order valence-electron chi connectivity index (χ4n) is 3.50. The number of nitrogens with one attached hydrogen (secondary N) is 1. The number of halogens is 1. The standard InChI is InChI=1S/C24H20ClN3O3/c25-19-10-6-9-18(13-19)14-26-22(29)16-28-21-12-5-4-11-20(21)27(23(30)24(28)31)15-17-7-2-1-3-8-17/h1-13H,14-16H2,(H,26,29). The van der Waals surface area contributed by atoms with E-state index in [0.717, 1.165) is 11.1 Å². The average molecular weight is 434 g/mol. The highest BCUT2D eigenvalue weighted by Crippen LogP contribution is 2.13. The third-order valence-corrected chi connectivity index (χ3v) is 5.24. The second-order valence-corrected chi connectivity index (χ2v) is 7.60. The van der Waals surface area contributed by atoms with Gasteiger partial charge in [0.1, 0.15) is 6.54 Å². The normalized spacial score (nSPS) is 10.9. The summed E-state index contributed by atoms with van der Waals surface area (Å²) in [5.41, 5.74) is 1.49. The molecule has 6 nitrogen and oxygen atoms in total. The Labute approximate surface area is 183 Å². The van der Waals surface area contributed by atoms with Crippen molar-refractivity contribution in [3.05, 3.63) is 116 Å². The lowest BCUT2D eigenvalue weighted by Gasteiger charge is -2.15. The molecule has 3 aromatic carbocycles. The zero-order valence-electron chi connectivity index (χ0n) is 16.6. The van der Waals surface area contributed by atoms with Crippen LogP contribution in [0, 0.1) is 0 Å². The number of hydrogen-bond acceptors (Lipinski definition) is 3. The number of amides is 1. The van der Waals surface area contributed by atoms with Gasteiger partial charge in [-0.1, -0.05) is 66.2 Å². The summed E-state index contributed by atoms with van der Waals surface area (Å²) >= 11 is 5.97. The van der Waals surface area contributed by atoms with E-state index in [9.17, 15) is 14.4 Å². The molecule has 7 heteroatoms. The third-order valence-electron chi connectivity index (χ3n) is 5.00. The van der Waals surface area contributed by atoms with Crippen LogP contribution in [-0.4, -0.2) is 15.0 Å². The Bertz CT molecular complexity index is 1360. The van der Waals surface area contributed by atoms with E-state index in [1.165, 1.54) is 9.13 Å². The summed E-state index contributed by atoms with van der Waals surface area (Å²) < 4.78 is 2.68. The first-order chi connectivity index (χ1) is 15.0. The van der Waals surface area contributed by atoms with Crippen LogP contribution in [0.5, 0.6) is 0 Å². The van der Waals surface area contributed by atoms with Crippen LogP contribution in [0.15, 0.2) is 88.5 Å². The number of rotatable bonds is 6. The van der Waals surface area contributed by atoms with Gasteiger partial charge >= 0.3 is 11.1 Å². The summed E-state index contributed by atoms with van der Waals surface area (Å²) in [7, 11) is 0. The van der Waals surface area contributed by atoms with Crippen LogP contribution in [0.2, 0.25) is 5.02 Å². The van der Waals surface area contributed by atoms with Crippen molar-refractivity contribution in [2.45, 2.75) is 19.6 Å². The minimum atomic E-state index is -0.729. The fourth-order valence-corrected chi connectivity index (χ4v) is 3.71. The van der Waals surface area contributed by atoms with Gasteiger partial charge in [-0.05, 0) is 35.4 Å². The predicted octanol–water partition coefficient (Wildman–Crippen LogP) is 3.18. The number of carbonyl (C=O) groups is 1. The van der Waals surface area contributed by atoms with E-state index in [2.05, 4.69) is 5.32 Å². The van der Waals surface area contributed by atoms with E-state index in [0.29, 0.717) is 16.1 Å². The van der Waals surface area contributed by atoms with Gasteiger partial charge in [0, 0.05) is 11.6 Å². The molecule has 1 N–H and O–H groups in total. The van der Waals surface area contributed by atoms with Crippen molar-refractivity contribution in [2.24, 2.45) is 0 Å². The van der Waals surface area contributed by atoms with Crippen molar-refractivity contribution in [1.29, 1.82) is 0 Å². The third kappa shape index (κ3) is 4.59. The van der Waals surface area contributed by atoms with Crippen molar-refractivity contribution in [3.63, 3.8) is 0 Å². The molecule has 0 aliphatic carbocycles. The lowest BCUT2D eigenvalue weighted by Crippen LogP contribution is -2.44. The van der Waals surface area contributed by atoms with Crippen LogP contribution in [0.1, 0.15) is 11.1 Å². The van der Waals surface area contributed by atoms with Gasteiger partial charge in [0.15, 0.2) is 0 Å². The highest BCUT2D eigenvalue weighted by molar-refractivity contribution is 6.30. The zero-order valence-corrected chi connectivity index (χ0v) is 17.4. The molecule has 0 radical (unpaired) electrons. The van der Waals surface area contributed by atoms with Gasteiger partial charge in [0.2, 0.25) is 5.91 Å². The van der Waals surface area contributed by atoms with Crippen LogP contribution in [0.4, 0.5) is 0 Å². The Kier molecular flexibility index (Phi) is 6.00. The van der Waals surface area contributed by atoms with E-state index >= 15 is 0 Å². The van der Waals surface area contributed by atoms with E-state index in [-0.39, 0.29) is 25.5 Å². The Balaban J connectivity index is 1.65. The van der Waals surface area contributed by atoms with Crippen molar-refractivity contribution < 1.29 is 4.79 Å². The maximum absolute atomic E-state index is 12.9. The molecule has 0 saturated carbocycles. The molecule has 1 aromatic heterocycles. The highest BCUT2D eigenvalue weighted by Gasteiger charge is 2.15. The number of benzene rings is 3. The molecule has 1 amide bonds. The number of aromatic nitrogens is 2. The number of nitrogens with zero attached hydrogens (tertiary/aromatic N) is 2. The summed E-state index contributed by atoms with van der Waals surface area (Å²) in [4.78, 5) is 38.3. The Morgan fingerprint density at radius 1 is 0.774 bits per heavy atom. The average Bonchev–Trinajstić information content (AvgIpc) is 2.79. The first kappa shape index (κ1) is 20.6. The summed E-state index contributed by atoms with van der Waals surface area (Å²) in [6.07, 6.45) is 0. The minimum Gasteiger partial charge on any atom is -0.350 e. The monoisotopic (exact) mass is 433 g/mol. The Morgan fingerprint density at radius 3 is 2.10 bits per heavy atom. The fraction of sp³-hybridized carbons (Fsp3) is 0.125. The first-order valence-corrected chi connectivity index (χ1v) is 10.2. The first-order valence-electron chi connectivity index (χ1n) is 9.80. The molecule has 0 unspecified atom stereocenters. The molecule has 0 saturated heterocycles. The molecule has 1 heterocycles. The van der Waals surface area contributed by atoms with Crippen LogP contribution in [0.3, 0.4) is 0 Å². The summed E-state index contributed by atoms with van der Waals surface area (Å²) in [5.74, 6) is -0.368. The number of para-hydroxylation sites is 2. The molecular weight excluding hydrogens is 414 g/mol. The summed E-state index contributed by atoms with van der Waals surface area (Å²) in [6, 6.07) is 23.7. The second kappa shape index (κ2) is 9.02. The van der Waals surface area contributed by atoms with Crippen molar-refractivity contribution in [3.8, 4) is 0 Å². The minimum absolute atomic E-state index is 0.249. The van der Waals surface area contributed by atoms with Crippen LogP contribution >= 0.6 is 11.6 Å². The smallest absolute Gasteiger partial charge is 0.317 e. The van der Waals surface area contributed by atoms with Gasteiger partial charge in [-0.25, -0.2) is 0 Å². The van der Waals surface area contributed by atoms with Crippen LogP contribution in [0.25, 0.3) is 11.0 Å². The van der Waals surface area contributed by atoms with E-state index in [4.69, 9.17) is 11.6 Å². The van der Waals surface area contributed by atoms with Crippen molar-refractivity contribution in [1.82, 2.24) is 14.5 Å². The van der Waals surface area contributed by atoms with Gasteiger partial charge in [-0.3, -0.25) is 23.5 Å². The Morgan fingerprint density at radius 2 is 1.39 bits per heavy atom. The molecular formula is C24H20ClN3O3. The molecule has 0 aliphatic rings. The van der Waals surface area contributed by atoms with Gasteiger partial charge in [-0.2, -0.15) is 0 Å². The van der Waals surface area contributed by atoms with E-state index in [1.54, 1.807) is 42.5 Å². The molecule has 0 spiro atoms. The SMILES string of the molecule is O=C(Cn1c(=O)c(=O)n(Cc2ccccc2)c2ccccc21)NCc1cccc(Cl)c1. The van der Waals surface area contributed by atoms with Gasteiger partial charge in [0.25, 0.3) is 0 Å². The molecule has 4 rings (SSSR count). The Hall–Kier alpha value is -3.64. The van der Waals surface area contributed by atoms with Gasteiger partial charge in [-0.15, -0.1) is 0 Å². The number of fused-ring (bicyclic) bond motifs is 1. The lowest BCUT2D eigenvalue weighted by molar-refractivity contribution is -0.121. The topological polar surface area (TPSA) is 73.1 Å².